The maximum Gasteiger partial charge on any atom is 0.425 e. The van der Waals surface area contributed by atoms with Crippen LogP contribution in [0.2, 0.25) is 0 Å². The second kappa shape index (κ2) is 9.05. The summed E-state index contributed by atoms with van der Waals surface area (Å²) in [5.41, 5.74) is -5.08. The molecule has 1 unspecified atom stereocenters. The number of rotatable bonds is 6. The van der Waals surface area contributed by atoms with Crippen LogP contribution in [-0.2, 0) is 20.7 Å². The summed E-state index contributed by atoms with van der Waals surface area (Å²) in [6.07, 6.45) is -5.25. The highest BCUT2D eigenvalue weighted by Crippen LogP contribution is 2.45. The first-order valence-electron chi connectivity index (χ1n) is 9.84. The molecule has 2 aromatic carbocycles. The van der Waals surface area contributed by atoms with Gasteiger partial charge in [0, 0.05) is 12.2 Å². The van der Waals surface area contributed by atoms with Crippen molar-refractivity contribution in [2.24, 2.45) is 0 Å². The van der Waals surface area contributed by atoms with Crippen LogP contribution in [0.1, 0.15) is 22.8 Å². The highest BCUT2D eigenvalue weighted by atomic mass is 19.4. The first kappa shape index (κ1) is 24.0. The fourth-order valence-corrected chi connectivity index (χ4v) is 3.76. The van der Waals surface area contributed by atoms with Gasteiger partial charge in [-0.05, 0) is 31.0 Å². The second-order valence-electron chi connectivity index (χ2n) is 7.33. The number of amides is 2. The topological polar surface area (TPSA) is 75.7 Å². The lowest BCUT2D eigenvalue weighted by atomic mass is 9.88. The smallest absolute Gasteiger partial charge is 0.425 e. The Labute approximate surface area is 186 Å². The van der Waals surface area contributed by atoms with E-state index in [1.54, 1.807) is 35.6 Å². The fraction of sp³-hybridized carbons (Fsp3) is 0.261. The summed E-state index contributed by atoms with van der Waals surface area (Å²) in [6, 6.07) is 13.1. The second-order valence-corrected chi connectivity index (χ2v) is 7.33. The molecule has 0 aliphatic carbocycles. The maximum atomic E-state index is 14.5. The zero-order valence-corrected chi connectivity index (χ0v) is 17.7. The van der Waals surface area contributed by atoms with Gasteiger partial charge in [-0.2, -0.15) is 13.2 Å². The van der Waals surface area contributed by atoms with Gasteiger partial charge in [0.25, 0.3) is 17.4 Å². The van der Waals surface area contributed by atoms with Crippen LogP contribution in [0.3, 0.4) is 0 Å². The summed E-state index contributed by atoms with van der Waals surface area (Å²) in [5.74, 6) is -5.60. The largest absolute Gasteiger partial charge is 0.466 e. The van der Waals surface area contributed by atoms with E-state index in [0.29, 0.717) is 0 Å². The first-order chi connectivity index (χ1) is 15.5. The number of nitrogens with zero attached hydrogens (tertiary/aromatic N) is 1. The van der Waals surface area contributed by atoms with E-state index in [9.17, 15) is 31.9 Å². The van der Waals surface area contributed by atoms with Crippen molar-refractivity contribution >= 4 is 17.8 Å². The van der Waals surface area contributed by atoms with Gasteiger partial charge in [-0.3, -0.25) is 9.59 Å². The molecule has 1 aliphatic heterocycles. The van der Waals surface area contributed by atoms with Crippen molar-refractivity contribution < 1.29 is 36.7 Å². The quantitative estimate of drug-likeness (QED) is 0.526. The summed E-state index contributed by atoms with van der Waals surface area (Å²) in [7, 11) is 0.861. The molecule has 0 aromatic heterocycles. The zero-order valence-electron chi connectivity index (χ0n) is 17.7. The van der Waals surface area contributed by atoms with Gasteiger partial charge >= 0.3 is 12.1 Å². The molecule has 0 bridgehead atoms. The number of methoxy groups -OCH3 is 1. The van der Waals surface area contributed by atoms with Gasteiger partial charge in [0.05, 0.1) is 12.7 Å². The molecule has 1 heterocycles. The van der Waals surface area contributed by atoms with Crippen LogP contribution in [0.5, 0.6) is 0 Å². The molecular weight excluding hydrogens is 444 g/mol. The summed E-state index contributed by atoms with van der Waals surface area (Å²) >= 11 is 0. The molecule has 174 valence electrons. The molecule has 1 atom stereocenters. The van der Waals surface area contributed by atoms with Gasteiger partial charge in [0.2, 0.25) is 0 Å². The molecule has 2 aromatic rings. The molecule has 6 nitrogen and oxygen atoms in total. The summed E-state index contributed by atoms with van der Waals surface area (Å²) in [6.45, 7) is 0.973. The van der Waals surface area contributed by atoms with Crippen molar-refractivity contribution in [1.29, 1.82) is 0 Å². The Morgan fingerprint density at radius 1 is 1.06 bits per heavy atom. The van der Waals surface area contributed by atoms with E-state index in [0.717, 1.165) is 36.6 Å². The molecule has 0 saturated heterocycles. The average molecular weight is 464 g/mol. The van der Waals surface area contributed by atoms with Crippen LogP contribution < -0.4 is 5.32 Å². The van der Waals surface area contributed by atoms with Gasteiger partial charge < -0.3 is 15.0 Å². The molecular formula is C23H20F4N2O4. The van der Waals surface area contributed by atoms with Crippen LogP contribution in [0.25, 0.3) is 0 Å². The molecule has 0 radical (unpaired) electrons. The van der Waals surface area contributed by atoms with Crippen LogP contribution in [0.4, 0.5) is 17.6 Å². The van der Waals surface area contributed by atoms with Crippen molar-refractivity contribution in [2.75, 3.05) is 13.7 Å². The van der Waals surface area contributed by atoms with Crippen LogP contribution in [0.15, 0.2) is 65.9 Å². The number of allylic oxidation sites excluding steroid dienone is 1. The molecule has 1 N–H and O–H groups in total. The third-order valence-electron chi connectivity index (χ3n) is 5.41. The molecule has 2 amide bonds. The lowest BCUT2D eigenvalue weighted by molar-refractivity contribution is -0.192. The van der Waals surface area contributed by atoms with Gasteiger partial charge in [-0.15, -0.1) is 0 Å². The molecule has 0 spiro atoms. The lowest BCUT2D eigenvalue weighted by Gasteiger charge is -2.33. The first-order valence-corrected chi connectivity index (χ1v) is 9.84. The normalized spacial score (nSPS) is 18.5. The number of carbonyl (C=O) groups excluding carboxylic acids is 3. The van der Waals surface area contributed by atoms with Crippen LogP contribution >= 0.6 is 0 Å². The Morgan fingerprint density at radius 2 is 1.67 bits per heavy atom. The van der Waals surface area contributed by atoms with E-state index < -0.39 is 46.5 Å². The molecule has 3 rings (SSSR count). The lowest BCUT2D eigenvalue weighted by Crippen LogP contribution is -2.66. The Hall–Kier alpha value is -3.69. The minimum absolute atomic E-state index is 0.188. The Morgan fingerprint density at radius 3 is 2.24 bits per heavy atom. The standard InChI is InChI=1S/C23H20F4N2O4/c1-14-18(20(31)33-2)22(23(25,26)27,28-19(30)16-10-6-7-11-17(16)24)21(32)29(14)13-12-15-8-4-3-5-9-15/h3-11H,12-13H2,1-2H3,(H,28,30). The Bertz CT molecular complexity index is 1110. The number of hydrogen-bond acceptors (Lipinski definition) is 4. The predicted molar refractivity (Wildman–Crippen MR) is 109 cm³/mol. The zero-order chi connectivity index (χ0) is 24.4. The minimum Gasteiger partial charge on any atom is -0.466 e. The van der Waals surface area contributed by atoms with E-state index in [2.05, 4.69) is 4.74 Å². The van der Waals surface area contributed by atoms with Crippen molar-refractivity contribution in [3.63, 3.8) is 0 Å². The highest BCUT2D eigenvalue weighted by Gasteiger charge is 2.70. The Kier molecular flexibility index (Phi) is 6.57. The van der Waals surface area contributed by atoms with Gasteiger partial charge in [0.1, 0.15) is 11.4 Å². The third kappa shape index (κ3) is 4.20. The third-order valence-corrected chi connectivity index (χ3v) is 5.41. The number of esters is 1. The SMILES string of the molecule is COC(=O)C1=C(C)N(CCc2ccccc2)C(=O)C1(NC(=O)c1ccccc1F)C(F)(F)F. The fourth-order valence-electron chi connectivity index (χ4n) is 3.76. The van der Waals surface area contributed by atoms with Gasteiger partial charge in [0.15, 0.2) is 0 Å². The van der Waals surface area contributed by atoms with Crippen molar-refractivity contribution in [3.8, 4) is 0 Å². The number of benzene rings is 2. The molecule has 1 aliphatic rings. The van der Waals surface area contributed by atoms with Crippen LogP contribution in [-0.4, -0.2) is 48.1 Å². The number of hydrogen-bond donors (Lipinski definition) is 1. The number of nitrogens with one attached hydrogen (secondary N) is 1. The molecule has 33 heavy (non-hydrogen) atoms. The molecule has 10 heteroatoms. The number of ether oxygens (including phenoxy) is 1. The summed E-state index contributed by atoms with van der Waals surface area (Å²) in [4.78, 5) is 39.1. The van der Waals surface area contributed by atoms with E-state index in [4.69, 9.17) is 0 Å². The summed E-state index contributed by atoms with van der Waals surface area (Å²) < 4.78 is 62.1. The molecule has 0 saturated carbocycles. The predicted octanol–water partition coefficient (Wildman–Crippen LogP) is 3.39. The average Bonchev–Trinajstić information content (AvgIpc) is 2.99. The van der Waals surface area contributed by atoms with Crippen LogP contribution in [0, 0.1) is 5.82 Å². The van der Waals surface area contributed by atoms with Crippen molar-refractivity contribution in [1.82, 2.24) is 10.2 Å². The monoisotopic (exact) mass is 464 g/mol. The molecule has 0 fully saturated rings. The minimum atomic E-state index is -5.43. The van der Waals surface area contributed by atoms with E-state index in [-0.39, 0.29) is 18.7 Å². The summed E-state index contributed by atoms with van der Waals surface area (Å²) in [5, 5.41) is 1.61. The van der Waals surface area contributed by atoms with Crippen molar-refractivity contribution in [2.45, 2.75) is 25.1 Å². The van der Waals surface area contributed by atoms with E-state index in [1.807, 2.05) is 0 Å². The van der Waals surface area contributed by atoms with Crippen molar-refractivity contribution in [3.05, 3.63) is 82.8 Å². The van der Waals surface area contributed by atoms with E-state index in [1.165, 1.54) is 12.1 Å². The van der Waals surface area contributed by atoms with Gasteiger partial charge in [-0.1, -0.05) is 42.5 Å². The van der Waals surface area contributed by atoms with Gasteiger partial charge in [-0.25, -0.2) is 9.18 Å². The number of carbonyl (C=O) groups is 3. The van der Waals surface area contributed by atoms with E-state index >= 15 is 0 Å². The Balaban J connectivity index is 2.08. The number of halogens is 4. The highest BCUT2D eigenvalue weighted by molar-refractivity contribution is 6.11. The number of alkyl halides is 3. The maximum absolute atomic E-state index is 14.5.